The summed E-state index contributed by atoms with van der Waals surface area (Å²) in [6.45, 7) is 0.718. The number of amides is 2. The molecule has 0 saturated carbocycles. The van der Waals surface area contributed by atoms with Crippen LogP contribution < -0.4 is 19.1 Å². The smallest absolute Gasteiger partial charge is 0.228 e. The maximum atomic E-state index is 13.0. The SMILES string of the molecule is COc1ccc(Br)cc1CN(C)C(=O)C1CC(=O)N(c2ccc(OC)c(OC)c2)C1. The average Bonchev–Trinajstić information content (AvgIpc) is 3.14. The van der Waals surface area contributed by atoms with Gasteiger partial charge in [-0.25, -0.2) is 0 Å². The Morgan fingerprint density at radius 1 is 1.07 bits per heavy atom. The number of carbonyl (C=O) groups excluding carboxylic acids is 2. The number of rotatable bonds is 7. The molecule has 1 aliphatic rings. The highest BCUT2D eigenvalue weighted by Gasteiger charge is 2.37. The first-order valence-electron chi connectivity index (χ1n) is 9.47. The van der Waals surface area contributed by atoms with Crippen LogP contribution in [0.1, 0.15) is 12.0 Å². The summed E-state index contributed by atoms with van der Waals surface area (Å²) in [6, 6.07) is 11.0. The molecule has 1 unspecified atom stereocenters. The molecule has 7 nitrogen and oxygen atoms in total. The third-order valence-corrected chi connectivity index (χ3v) is 5.67. The van der Waals surface area contributed by atoms with Gasteiger partial charge in [-0.2, -0.15) is 0 Å². The van der Waals surface area contributed by atoms with Crippen LogP contribution in [0.2, 0.25) is 0 Å². The van der Waals surface area contributed by atoms with E-state index in [0.717, 1.165) is 10.0 Å². The monoisotopic (exact) mass is 476 g/mol. The maximum absolute atomic E-state index is 13.0. The first-order valence-corrected chi connectivity index (χ1v) is 10.3. The predicted octanol–water partition coefficient (Wildman–Crippen LogP) is 3.49. The average molecular weight is 477 g/mol. The van der Waals surface area contributed by atoms with Crippen LogP contribution in [0.25, 0.3) is 0 Å². The van der Waals surface area contributed by atoms with Crippen molar-refractivity contribution in [1.29, 1.82) is 0 Å². The van der Waals surface area contributed by atoms with E-state index in [-0.39, 0.29) is 18.2 Å². The van der Waals surface area contributed by atoms with Gasteiger partial charge >= 0.3 is 0 Å². The number of hydrogen-bond acceptors (Lipinski definition) is 5. The Balaban J connectivity index is 1.73. The lowest BCUT2D eigenvalue weighted by Gasteiger charge is -2.23. The van der Waals surface area contributed by atoms with Crippen molar-refractivity contribution in [2.45, 2.75) is 13.0 Å². The Bertz CT molecular complexity index is 949. The molecule has 2 aromatic rings. The molecule has 1 fully saturated rings. The van der Waals surface area contributed by atoms with E-state index in [1.807, 2.05) is 18.2 Å². The van der Waals surface area contributed by atoms with Gasteiger partial charge in [0.15, 0.2) is 11.5 Å². The van der Waals surface area contributed by atoms with Crippen LogP contribution in [0.5, 0.6) is 17.2 Å². The van der Waals surface area contributed by atoms with Crippen LogP contribution in [-0.4, -0.2) is 51.6 Å². The number of ether oxygens (including phenoxy) is 3. The molecule has 0 N–H and O–H groups in total. The number of methoxy groups -OCH3 is 3. The Hall–Kier alpha value is -2.74. The molecule has 0 radical (unpaired) electrons. The zero-order valence-corrected chi connectivity index (χ0v) is 19.1. The van der Waals surface area contributed by atoms with Gasteiger partial charge in [0.25, 0.3) is 0 Å². The topological polar surface area (TPSA) is 68.3 Å². The Morgan fingerprint density at radius 3 is 2.40 bits per heavy atom. The third-order valence-electron chi connectivity index (χ3n) is 5.18. The Labute approximate surface area is 184 Å². The fraction of sp³-hybridized carbons (Fsp3) is 0.364. The molecule has 30 heavy (non-hydrogen) atoms. The normalized spacial score (nSPS) is 15.8. The van der Waals surface area contributed by atoms with Gasteiger partial charge in [-0.05, 0) is 30.3 Å². The van der Waals surface area contributed by atoms with E-state index >= 15 is 0 Å². The lowest BCUT2D eigenvalue weighted by molar-refractivity contribution is -0.135. The number of anilines is 1. The van der Waals surface area contributed by atoms with Crippen molar-refractivity contribution in [2.24, 2.45) is 5.92 Å². The third kappa shape index (κ3) is 4.53. The fourth-order valence-corrected chi connectivity index (χ4v) is 4.04. The van der Waals surface area contributed by atoms with Crippen molar-refractivity contribution < 1.29 is 23.8 Å². The molecule has 0 bridgehead atoms. The highest BCUT2D eigenvalue weighted by molar-refractivity contribution is 9.10. The van der Waals surface area contributed by atoms with E-state index in [0.29, 0.717) is 36.0 Å². The summed E-state index contributed by atoms with van der Waals surface area (Å²) in [5, 5.41) is 0. The van der Waals surface area contributed by atoms with Gasteiger partial charge in [-0.3, -0.25) is 9.59 Å². The highest BCUT2D eigenvalue weighted by atomic mass is 79.9. The minimum Gasteiger partial charge on any atom is -0.496 e. The zero-order chi connectivity index (χ0) is 21.8. The van der Waals surface area contributed by atoms with E-state index in [2.05, 4.69) is 15.9 Å². The first-order chi connectivity index (χ1) is 14.4. The number of halogens is 1. The minimum atomic E-state index is -0.409. The molecular weight excluding hydrogens is 452 g/mol. The van der Waals surface area contributed by atoms with E-state index in [1.54, 1.807) is 56.4 Å². The molecule has 160 valence electrons. The summed E-state index contributed by atoms with van der Waals surface area (Å²) in [5.74, 6) is 1.27. The van der Waals surface area contributed by atoms with Crippen LogP contribution in [0.3, 0.4) is 0 Å². The van der Waals surface area contributed by atoms with E-state index < -0.39 is 5.92 Å². The molecule has 3 rings (SSSR count). The molecule has 1 atom stereocenters. The van der Waals surface area contributed by atoms with Crippen LogP contribution in [0.4, 0.5) is 5.69 Å². The van der Waals surface area contributed by atoms with Crippen molar-refractivity contribution in [3.63, 3.8) is 0 Å². The molecule has 0 aromatic heterocycles. The summed E-state index contributed by atoms with van der Waals surface area (Å²) < 4.78 is 16.9. The van der Waals surface area contributed by atoms with Gasteiger partial charge in [-0.1, -0.05) is 15.9 Å². The lowest BCUT2D eigenvalue weighted by Crippen LogP contribution is -2.34. The number of nitrogens with zero attached hydrogens (tertiary/aromatic N) is 2. The highest BCUT2D eigenvalue weighted by Crippen LogP contribution is 2.34. The summed E-state index contributed by atoms with van der Waals surface area (Å²) in [6.07, 6.45) is 0.174. The second kappa shape index (κ2) is 9.38. The predicted molar refractivity (Wildman–Crippen MR) is 117 cm³/mol. The molecule has 1 aliphatic heterocycles. The lowest BCUT2D eigenvalue weighted by atomic mass is 10.1. The van der Waals surface area contributed by atoms with Crippen molar-refractivity contribution >= 4 is 33.4 Å². The van der Waals surface area contributed by atoms with Gasteiger partial charge < -0.3 is 24.0 Å². The molecule has 0 spiro atoms. The van der Waals surface area contributed by atoms with Gasteiger partial charge in [0.1, 0.15) is 5.75 Å². The van der Waals surface area contributed by atoms with Crippen LogP contribution in [0, 0.1) is 5.92 Å². The van der Waals surface area contributed by atoms with Crippen LogP contribution in [-0.2, 0) is 16.1 Å². The van der Waals surface area contributed by atoms with Crippen molar-refractivity contribution in [1.82, 2.24) is 4.90 Å². The zero-order valence-electron chi connectivity index (χ0n) is 17.5. The van der Waals surface area contributed by atoms with E-state index in [9.17, 15) is 9.59 Å². The molecule has 2 aromatic carbocycles. The van der Waals surface area contributed by atoms with Crippen molar-refractivity contribution in [3.05, 3.63) is 46.4 Å². The van der Waals surface area contributed by atoms with Crippen molar-refractivity contribution in [2.75, 3.05) is 39.8 Å². The Morgan fingerprint density at radius 2 is 1.73 bits per heavy atom. The second-order valence-corrected chi connectivity index (χ2v) is 8.01. The molecule has 1 saturated heterocycles. The standard InChI is InChI=1S/C22H25BrN2O5/c1-24(12-14-9-16(23)5-7-18(14)28-2)22(27)15-10-21(26)25(13-15)17-6-8-19(29-3)20(11-17)30-4/h5-9,11,15H,10,12-13H2,1-4H3. The number of carbonyl (C=O) groups is 2. The summed E-state index contributed by atoms with van der Waals surface area (Å²) in [5.41, 5.74) is 1.58. The van der Waals surface area contributed by atoms with Gasteiger partial charge in [-0.15, -0.1) is 0 Å². The molecule has 2 amide bonds. The van der Waals surface area contributed by atoms with Crippen LogP contribution in [0.15, 0.2) is 40.9 Å². The number of hydrogen-bond donors (Lipinski definition) is 0. The fourth-order valence-electron chi connectivity index (χ4n) is 3.63. The maximum Gasteiger partial charge on any atom is 0.228 e. The molecule has 8 heteroatoms. The summed E-state index contributed by atoms with van der Waals surface area (Å²) >= 11 is 3.45. The quantitative estimate of drug-likeness (QED) is 0.611. The first kappa shape index (κ1) is 22.0. The van der Waals surface area contributed by atoms with E-state index in [4.69, 9.17) is 14.2 Å². The van der Waals surface area contributed by atoms with E-state index in [1.165, 1.54) is 0 Å². The number of benzene rings is 2. The van der Waals surface area contributed by atoms with Gasteiger partial charge in [0.2, 0.25) is 11.8 Å². The van der Waals surface area contributed by atoms with Gasteiger partial charge in [0.05, 0.1) is 27.2 Å². The van der Waals surface area contributed by atoms with Crippen LogP contribution >= 0.6 is 15.9 Å². The summed E-state index contributed by atoms with van der Waals surface area (Å²) in [7, 11) is 6.45. The molecular formula is C22H25BrN2O5. The molecule has 1 heterocycles. The Kier molecular flexibility index (Phi) is 6.87. The second-order valence-electron chi connectivity index (χ2n) is 7.10. The van der Waals surface area contributed by atoms with Gasteiger partial charge in [0, 0.05) is 48.3 Å². The molecule has 0 aliphatic carbocycles. The van der Waals surface area contributed by atoms with Crippen molar-refractivity contribution in [3.8, 4) is 17.2 Å². The minimum absolute atomic E-state index is 0.0756. The summed E-state index contributed by atoms with van der Waals surface area (Å²) in [4.78, 5) is 28.9. The largest absolute Gasteiger partial charge is 0.496 e.